The zero-order valence-corrected chi connectivity index (χ0v) is 22.5. The van der Waals surface area contributed by atoms with E-state index in [0.717, 1.165) is 101 Å². The Hall–Kier alpha value is -2.09. The molecular formula is C28H41N5OS. The molecule has 1 N–H and O–H groups in total. The van der Waals surface area contributed by atoms with Crippen molar-refractivity contribution in [1.82, 2.24) is 20.1 Å². The van der Waals surface area contributed by atoms with Crippen LogP contribution in [0.4, 0.5) is 5.82 Å². The summed E-state index contributed by atoms with van der Waals surface area (Å²) in [5, 5.41) is 4.54. The molecule has 4 rings (SSSR count). The number of carbonyl (C=O) groups excluding carboxylic acids is 1. The summed E-state index contributed by atoms with van der Waals surface area (Å²) >= 11 is 5.71. The number of thiocarbonyl (C=S) groups is 1. The molecule has 0 radical (unpaired) electrons. The van der Waals surface area contributed by atoms with Crippen molar-refractivity contribution in [3.63, 3.8) is 0 Å². The van der Waals surface area contributed by atoms with Gasteiger partial charge in [-0.15, -0.1) is 0 Å². The number of anilines is 1. The third-order valence-corrected chi connectivity index (χ3v) is 7.91. The van der Waals surface area contributed by atoms with Crippen LogP contribution in [0.25, 0.3) is 10.9 Å². The van der Waals surface area contributed by atoms with Crippen molar-refractivity contribution in [3.8, 4) is 0 Å². The largest absolute Gasteiger partial charge is 0.353 e. The van der Waals surface area contributed by atoms with Gasteiger partial charge in [0.15, 0.2) is 0 Å². The Labute approximate surface area is 216 Å². The second kappa shape index (κ2) is 12.2. The van der Waals surface area contributed by atoms with Crippen molar-refractivity contribution in [2.45, 2.75) is 58.9 Å². The van der Waals surface area contributed by atoms with Crippen molar-refractivity contribution in [2.75, 3.05) is 57.3 Å². The van der Waals surface area contributed by atoms with Gasteiger partial charge in [-0.25, -0.2) is 4.98 Å². The lowest BCUT2D eigenvalue weighted by atomic mass is 10.0. The van der Waals surface area contributed by atoms with E-state index < -0.39 is 0 Å². The van der Waals surface area contributed by atoms with Crippen LogP contribution in [-0.2, 0) is 11.2 Å². The lowest BCUT2D eigenvalue weighted by Crippen LogP contribution is -2.53. The van der Waals surface area contributed by atoms with Gasteiger partial charge in [0.1, 0.15) is 5.82 Å². The first kappa shape index (κ1) is 26.0. The summed E-state index contributed by atoms with van der Waals surface area (Å²) in [5.74, 6) is 1.28. The monoisotopic (exact) mass is 495 g/mol. The third-order valence-electron chi connectivity index (χ3n) is 7.57. The van der Waals surface area contributed by atoms with Crippen molar-refractivity contribution >= 4 is 39.7 Å². The van der Waals surface area contributed by atoms with Gasteiger partial charge in [-0.05, 0) is 93.0 Å². The van der Waals surface area contributed by atoms with Gasteiger partial charge in [-0.1, -0.05) is 32.1 Å². The Bertz CT molecular complexity index is 1020. The molecule has 1 unspecified atom stereocenters. The standard InChI is InChI=1S/C28H41N5OS/c1-4-31(5-2)13-7-8-23(35)19-22-10-11-25-24(20-22)21(3)18-27(30-25)32-14-16-33(17-15-32)28(34)26-9-6-12-29-26/h10-11,18,20,26,29H,4-9,12-17,19H2,1-3H3. The molecule has 190 valence electrons. The highest BCUT2D eigenvalue weighted by Crippen LogP contribution is 2.25. The molecule has 35 heavy (non-hydrogen) atoms. The van der Waals surface area contributed by atoms with Crippen molar-refractivity contribution in [1.29, 1.82) is 0 Å². The van der Waals surface area contributed by atoms with Crippen molar-refractivity contribution in [2.24, 2.45) is 0 Å². The Balaban J connectivity index is 1.35. The third kappa shape index (κ3) is 6.57. The van der Waals surface area contributed by atoms with Gasteiger partial charge in [0.25, 0.3) is 0 Å². The predicted octanol–water partition coefficient (Wildman–Crippen LogP) is 3.98. The summed E-state index contributed by atoms with van der Waals surface area (Å²) in [4.78, 5) is 25.6. The quantitative estimate of drug-likeness (QED) is 0.503. The number of pyridine rings is 1. The molecule has 3 heterocycles. The Kier molecular flexibility index (Phi) is 9.09. The number of rotatable bonds is 10. The molecule has 2 fully saturated rings. The number of benzene rings is 1. The van der Waals surface area contributed by atoms with Crippen LogP contribution < -0.4 is 10.2 Å². The van der Waals surface area contributed by atoms with Gasteiger partial charge in [0.05, 0.1) is 11.6 Å². The fourth-order valence-electron chi connectivity index (χ4n) is 5.32. The number of fused-ring (bicyclic) bond motifs is 1. The number of aromatic nitrogens is 1. The highest BCUT2D eigenvalue weighted by molar-refractivity contribution is 7.80. The summed E-state index contributed by atoms with van der Waals surface area (Å²) in [7, 11) is 0. The molecule has 1 aromatic carbocycles. The lowest BCUT2D eigenvalue weighted by Gasteiger charge is -2.36. The zero-order chi connectivity index (χ0) is 24.8. The van der Waals surface area contributed by atoms with Crippen LogP contribution >= 0.6 is 12.2 Å². The zero-order valence-electron chi connectivity index (χ0n) is 21.7. The van der Waals surface area contributed by atoms with E-state index >= 15 is 0 Å². The van der Waals surface area contributed by atoms with E-state index in [1.807, 2.05) is 4.90 Å². The molecule has 0 spiro atoms. The minimum Gasteiger partial charge on any atom is -0.353 e. The maximum Gasteiger partial charge on any atom is 0.239 e. The lowest BCUT2D eigenvalue weighted by molar-refractivity contribution is -0.133. The number of nitrogens with zero attached hydrogens (tertiary/aromatic N) is 4. The summed E-state index contributed by atoms with van der Waals surface area (Å²) in [6, 6.07) is 8.81. The van der Waals surface area contributed by atoms with Crippen LogP contribution in [0.3, 0.4) is 0 Å². The predicted molar refractivity (Wildman–Crippen MR) is 150 cm³/mol. The van der Waals surface area contributed by atoms with Gasteiger partial charge in [-0.2, -0.15) is 0 Å². The smallest absolute Gasteiger partial charge is 0.239 e. The van der Waals surface area contributed by atoms with E-state index in [1.165, 1.54) is 16.5 Å². The van der Waals surface area contributed by atoms with Crippen LogP contribution in [-0.4, -0.2) is 84.0 Å². The van der Waals surface area contributed by atoms with Gasteiger partial charge < -0.3 is 20.0 Å². The first-order valence-corrected chi connectivity index (χ1v) is 13.8. The van der Waals surface area contributed by atoms with Crippen LogP contribution in [0.1, 0.15) is 50.7 Å². The van der Waals surface area contributed by atoms with E-state index in [4.69, 9.17) is 17.2 Å². The van der Waals surface area contributed by atoms with Crippen LogP contribution in [0.5, 0.6) is 0 Å². The first-order valence-electron chi connectivity index (χ1n) is 13.4. The Morgan fingerprint density at radius 2 is 1.94 bits per heavy atom. The molecule has 1 atom stereocenters. The van der Waals surface area contributed by atoms with E-state index in [-0.39, 0.29) is 11.9 Å². The summed E-state index contributed by atoms with van der Waals surface area (Å²) in [6.07, 6.45) is 5.06. The molecule has 7 heteroatoms. The average molecular weight is 496 g/mol. The van der Waals surface area contributed by atoms with Crippen molar-refractivity contribution < 1.29 is 4.79 Å². The highest BCUT2D eigenvalue weighted by atomic mass is 32.1. The van der Waals surface area contributed by atoms with Gasteiger partial charge >= 0.3 is 0 Å². The fraction of sp³-hybridized carbons (Fsp3) is 0.607. The summed E-state index contributed by atoms with van der Waals surface area (Å²) in [5.41, 5.74) is 3.55. The Morgan fingerprint density at radius 3 is 2.63 bits per heavy atom. The van der Waals surface area contributed by atoms with Crippen molar-refractivity contribution in [3.05, 3.63) is 35.4 Å². The SMILES string of the molecule is CCN(CC)CCCC(=S)Cc1ccc2nc(N3CCN(C(=O)C4CCCN4)CC3)cc(C)c2c1. The average Bonchev–Trinajstić information content (AvgIpc) is 3.42. The number of carbonyl (C=O) groups is 1. The molecule has 2 saturated heterocycles. The summed E-state index contributed by atoms with van der Waals surface area (Å²) < 4.78 is 0. The molecule has 6 nitrogen and oxygen atoms in total. The van der Waals surface area contributed by atoms with Gasteiger partial charge in [0, 0.05) is 38.0 Å². The van der Waals surface area contributed by atoms with E-state index in [9.17, 15) is 4.79 Å². The molecule has 2 aliphatic heterocycles. The van der Waals surface area contributed by atoms with Gasteiger partial charge in [-0.3, -0.25) is 4.79 Å². The van der Waals surface area contributed by atoms with Crippen LogP contribution in [0.15, 0.2) is 24.3 Å². The number of piperazine rings is 1. The second-order valence-corrected chi connectivity index (χ2v) is 10.5. The minimum atomic E-state index is 0.0204. The topological polar surface area (TPSA) is 51.7 Å². The van der Waals surface area contributed by atoms with E-state index in [1.54, 1.807) is 0 Å². The number of nitrogens with one attached hydrogen (secondary N) is 1. The molecule has 1 amide bonds. The second-order valence-electron chi connectivity index (χ2n) is 9.96. The van der Waals surface area contributed by atoms with Crippen LogP contribution in [0.2, 0.25) is 0 Å². The molecule has 1 aromatic heterocycles. The first-order chi connectivity index (χ1) is 17.0. The fourth-order valence-corrected chi connectivity index (χ4v) is 5.63. The number of hydrogen-bond donors (Lipinski definition) is 1. The maximum atomic E-state index is 12.7. The molecule has 2 aliphatic rings. The van der Waals surface area contributed by atoms with E-state index in [0.29, 0.717) is 0 Å². The number of amides is 1. The Morgan fingerprint density at radius 1 is 1.17 bits per heavy atom. The minimum absolute atomic E-state index is 0.0204. The maximum absolute atomic E-state index is 12.7. The highest BCUT2D eigenvalue weighted by Gasteiger charge is 2.29. The molecule has 0 bridgehead atoms. The molecule has 0 aliphatic carbocycles. The van der Waals surface area contributed by atoms with Gasteiger partial charge in [0.2, 0.25) is 5.91 Å². The van der Waals surface area contributed by atoms with Crippen LogP contribution in [0, 0.1) is 6.92 Å². The molecule has 0 saturated carbocycles. The normalized spacial score (nSPS) is 18.6. The molecule has 2 aromatic rings. The molecular weight excluding hydrogens is 454 g/mol. The number of aryl methyl sites for hydroxylation is 1. The number of hydrogen-bond acceptors (Lipinski definition) is 6. The summed E-state index contributed by atoms with van der Waals surface area (Å²) in [6.45, 7) is 14.1. The van der Waals surface area contributed by atoms with E-state index in [2.05, 4.69) is 60.2 Å².